The molecule has 0 aliphatic carbocycles. The molecule has 30 heavy (non-hydrogen) atoms. The van der Waals surface area contributed by atoms with Crippen molar-refractivity contribution < 1.29 is 13.2 Å². The summed E-state index contributed by atoms with van der Waals surface area (Å²) in [5.41, 5.74) is 1.13. The fourth-order valence-electron chi connectivity index (χ4n) is 2.83. The number of nitrogens with one attached hydrogen (secondary N) is 2. The number of sulfonamides is 1. The van der Waals surface area contributed by atoms with Crippen molar-refractivity contribution in [2.45, 2.75) is 30.6 Å². The Morgan fingerprint density at radius 2 is 1.73 bits per heavy atom. The van der Waals surface area contributed by atoms with Gasteiger partial charge in [0.05, 0.1) is 10.6 Å². The number of rotatable bonds is 8. The Labute approximate surface area is 184 Å². The van der Waals surface area contributed by atoms with Crippen molar-refractivity contribution in [1.29, 1.82) is 0 Å². The molecule has 0 radical (unpaired) electrons. The largest absolute Gasteiger partial charge is 0.296 e. The van der Waals surface area contributed by atoms with E-state index in [1.165, 1.54) is 0 Å². The molecule has 158 valence electrons. The van der Waals surface area contributed by atoms with Gasteiger partial charge in [0.25, 0.3) is 15.9 Å². The summed E-state index contributed by atoms with van der Waals surface area (Å²) >= 11 is 6.80. The fraction of sp³-hybridized carbons (Fsp3) is 0.250. The zero-order valence-electron chi connectivity index (χ0n) is 16.4. The minimum absolute atomic E-state index is 0.0698. The first-order chi connectivity index (χ1) is 14.3. The Balaban J connectivity index is 1.77. The van der Waals surface area contributed by atoms with Gasteiger partial charge >= 0.3 is 0 Å². The van der Waals surface area contributed by atoms with Gasteiger partial charge in [0.2, 0.25) is 9.47 Å². The van der Waals surface area contributed by atoms with E-state index in [0.717, 1.165) is 16.9 Å². The standard InChI is InChI=1S/C20H21ClN4O3S2/c1-13(2)12-17(14-8-4-3-5-9-14)25-30(27,28)20-24-23-19(29-20)22-18(26)15-10-6-7-11-16(15)21/h3-11,13,17,25H,12H2,1-2H3,(H,22,23,26)/t17-/m0/s1. The van der Waals surface area contributed by atoms with E-state index in [9.17, 15) is 13.2 Å². The number of amides is 1. The Bertz CT molecular complexity index is 1120. The van der Waals surface area contributed by atoms with Crippen LogP contribution in [0.3, 0.4) is 0 Å². The molecule has 0 fully saturated rings. The first-order valence-corrected chi connectivity index (χ1v) is 11.9. The highest BCUT2D eigenvalue weighted by molar-refractivity contribution is 7.91. The molecule has 0 saturated carbocycles. The number of carbonyl (C=O) groups excluding carboxylic acids is 1. The van der Waals surface area contributed by atoms with E-state index in [-0.39, 0.29) is 26.0 Å². The van der Waals surface area contributed by atoms with Gasteiger partial charge in [-0.05, 0) is 30.0 Å². The van der Waals surface area contributed by atoms with Crippen LogP contribution in [0.2, 0.25) is 5.02 Å². The number of hydrogen-bond acceptors (Lipinski definition) is 6. The number of nitrogens with zero attached hydrogens (tertiary/aromatic N) is 2. The number of anilines is 1. The van der Waals surface area contributed by atoms with E-state index in [1.807, 2.05) is 44.2 Å². The predicted molar refractivity (Wildman–Crippen MR) is 118 cm³/mol. The lowest BCUT2D eigenvalue weighted by Crippen LogP contribution is -2.29. The topological polar surface area (TPSA) is 101 Å². The van der Waals surface area contributed by atoms with E-state index < -0.39 is 22.0 Å². The summed E-state index contributed by atoms with van der Waals surface area (Å²) in [6, 6.07) is 15.5. The van der Waals surface area contributed by atoms with Gasteiger partial charge in [0, 0.05) is 6.04 Å². The normalized spacial score (nSPS) is 12.7. The Morgan fingerprint density at radius 1 is 1.07 bits per heavy atom. The molecule has 1 heterocycles. The minimum atomic E-state index is -3.92. The Kier molecular flexibility index (Phi) is 7.19. The molecule has 1 aromatic heterocycles. The molecule has 1 amide bonds. The van der Waals surface area contributed by atoms with Gasteiger partial charge in [-0.1, -0.05) is 79.2 Å². The number of aromatic nitrogens is 2. The van der Waals surface area contributed by atoms with Crippen LogP contribution >= 0.6 is 22.9 Å². The second-order valence-corrected chi connectivity index (χ2v) is 10.3. The zero-order valence-corrected chi connectivity index (χ0v) is 18.8. The van der Waals surface area contributed by atoms with Gasteiger partial charge in [-0.15, -0.1) is 10.2 Å². The molecule has 1 atom stereocenters. The van der Waals surface area contributed by atoms with E-state index >= 15 is 0 Å². The van der Waals surface area contributed by atoms with Crippen LogP contribution in [0.1, 0.15) is 42.2 Å². The molecule has 0 saturated heterocycles. The molecule has 3 aromatic rings. The van der Waals surface area contributed by atoms with Crippen molar-refractivity contribution >= 4 is 44.0 Å². The molecule has 2 N–H and O–H groups in total. The summed E-state index contributed by atoms with van der Waals surface area (Å²) < 4.78 is 28.3. The summed E-state index contributed by atoms with van der Waals surface area (Å²) in [7, 11) is -3.92. The third-order valence-corrected chi connectivity index (χ3v) is 7.19. The molecule has 3 rings (SSSR count). The molecule has 0 bridgehead atoms. The summed E-state index contributed by atoms with van der Waals surface area (Å²) in [6.07, 6.45) is 0.623. The van der Waals surface area contributed by atoms with Gasteiger partial charge in [-0.25, -0.2) is 13.1 Å². The highest BCUT2D eigenvalue weighted by atomic mass is 35.5. The van der Waals surface area contributed by atoms with Crippen LogP contribution in [0.15, 0.2) is 58.9 Å². The van der Waals surface area contributed by atoms with E-state index in [0.29, 0.717) is 6.42 Å². The van der Waals surface area contributed by atoms with Crippen molar-refractivity contribution in [3.8, 4) is 0 Å². The van der Waals surface area contributed by atoms with Crippen LogP contribution < -0.4 is 10.0 Å². The van der Waals surface area contributed by atoms with Crippen LogP contribution in [-0.4, -0.2) is 24.5 Å². The first-order valence-electron chi connectivity index (χ1n) is 9.23. The van der Waals surface area contributed by atoms with Gasteiger partial charge < -0.3 is 0 Å². The average molecular weight is 465 g/mol. The molecule has 7 nitrogen and oxygen atoms in total. The van der Waals surface area contributed by atoms with Gasteiger partial charge in [-0.2, -0.15) is 0 Å². The number of carbonyl (C=O) groups is 1. The Morgan fingerprint density at radius 3 is 2.40 bits per heavy atom. The van der Waals surface area contributed by atoms with E-state index in [2.05, 4.69) is 20.2 Å². The summed E-state index contributed by atoms with van der Waals surface area (Å²) in [6.45, 7) is 4.05. The van der Waals surface area contributed by atoms with Gasteiger partial charge in [0.15, 0.2) is 0 Å². The zero-order chi connectivity index (χ0) is 21.7. The molecule has 0 spiro atoms. The molecule has 0 aliphatic rings. The molecule has 10 heteroatoms. The van der Waals surface area contributed by atoms with Crippen LogP contribution in [-0.2, 0) is 10.0 Å². The lowest BCUT2D eigenvalue weighted by molar-refractivity contribution is 0.102. The molecule has 0 aliphatic heterocycles. The van der Waals surface area contributed by atoms with Crippen molar-refractivity contribution in [2.75, 3.05) is 5.32 Å². The molecule has 2 aromatic carbocycles. The van der Waals surface area contributed by atoms with Crippen LogP contribution in [0.5, 0.6) is 0 Å². The molecule has 0 unspecified atom stereocenters. The maximum absolute atomic E-state index is 12.9. The molecular formula is C20H21ClN4O3S2. The highest BCUT2D eigenvalue weighted by Gasteiger charge is 2.26. The SMILES string of the molecule is CC(C)C[C@H](NS(=O)(=O)c1nnc(NC(=O)c2ccccc2Cl)s1)c1ccccc1. The number of hydrogen-bond donors (Lipinski definition) is 2. The number of benzene rings is 2. The van der Waals surface area contributed by atoms with Crippen LogP contribution in [0, 0.1) is 5.92 Å². The third kappa shape index (κ3) is 5.63. The summed E-state index contributed by atoms with van der Waals surface area (Å²) in [5, 5.41) is 10.4. The second-order valence-electron chi connectivity index (χ2n) is 7.02. The van der Waals surface area contributed by atoms with Crippen molar-refractivity contribution in [3.63, 3.8) is 0 Å². The van der Waals surface area contributed by atoms with Crippen LogP contribution in [0.4, 0.5) is 5.13 Å². The Hall–Kier alpha value is -2.33. The van der Waals surface area contributed by atoms with E-state index in [1.54, 1.807) is 24.3 Å². The van der Waals surface area contributed by atoms with Gasteiger partial charge in [-0.3, -0.25) is 10.1 Å². The van der Waals surface area contributed by atoms with Crippen molar-refractivity contribution in [3.05, 3.63) is 70.7 Å². The monoisotopic (exact) mass is 464 g/mol. The molecular weight excluding hydrogens is 444 g/mol. The van der Waals surface area contributed by atoms with E-state index in [4.69, 9.17) is 11.6 Å². The second kappa shape index (κ2) is 9.65. The summed E-state index contributed by atoms with van der Waals surface area (Å²) in [4.78, 5) is 12.4. The summed E-state index contributed by atoms with van der Waals surface area (Å²) in [5.74, 6) is -0.214. The maximum atomic E-state index is 12.9. The first kappa shape index (κ1) is 22.4. The predicted octanol–water partition coefficient (Wildman–Crippen LogP) is 4.51. The van der Waals surface area contributed by atoms with Crippen LogP contribution in [0.25, 0.3) is 0 Å². The maximum Gasteiger partial charge on any atom is 0.270 e. The highest BCUT2D eigenvalue weighted by Crippen LogP contribution is 2.26. The minimum Gasteiger partial charge on any atom is -0.296 e. The quantitative estimate of drug-likeness (QED) is 0.477. The van der Waals surface area contributed by atoms with Crippen molar-refractivity contribution in [2.24, 2.45) is 5.92 Å². The lowest BCUT2D eigenvalue weighted by atomic mass is 9.98. The van der Waals surface area contributed by atoms with Gasteiger partial charge in [0.1, 0.15) is 0 Å². The van der Waals surface area contributed by atoms with Crippen molar-refractivity contribution in [1.82, 2.24) is 14.9 Å². The smallest absolute Gasteiger partial charge is 0.270 e. The fourth-order valence-corrected chi connectivity index (χ4v) is 5.20. The lowest BCUT2D eigenvalue weighted by Gasteiger charge is -2.20. The average Bonchev–Trinajstić information content (AvgIpc) is 3.17. The number of halogens is 1. The third-order valence-electron chi connectivity index (χ3n) is 4.18.